The third kappa shape index (κ3) is 10.3. The smallest absolute Gasteiger partial charge is 0.253 e. The molecule has 0 unspecified atom stereocenters. The number of aromatic nitrogens is 1. The van der Waals surface area contributed by atoms with E-state index in [4.69, 9.17) is 0 Å². The lowest BCUT2D eigenvalue weighted by Gasteiger charge is -2.32. The summed E-state index contributed by atoms with van der Waals surface area (Å²) in [7, 11) is 0. The van der Waals surface area contributed by atoms with Crippen LogP contribution in [-0.2, 0) is 16.0 Å². The molecule has 0 spiro atoms. The lowest BCUT2D eigenvalue weighted by atomic mass is 9.94. The van der Waals surface area contributed by atoms with Gasteiger partial charge in [0.05, 0.1) is 17.6 Å². The maximum atomic E-state index is 13.4. The maximum absolute atomic E-state index is 13.4. The van der Waals surface area contributed by atoms with Gasteiger partial charge in [-0.25, -0.2) is 0 Å². The molecule has 37 heavy (non-hydrogen) atoms. The number of nitrogens with one attached hydrogen (secondary N) is 3. The number of amides is 3. The molecule has 1 heterocycles. The molecule has 0 saturated heterocycles. The predicted octanol–water partition coefficient (Wildman–Crippen LogP) is 2.12. The average molecular weight is 513 g/mol. The van der Waals surface area contributed by atoms with Gasteiger partial charge in [0.1, 0.15) is 18.2 Å². The molecule has 9 heteroatoms. The van der Waals surface area contributed by atoms with Crippen LogP contribution in [-0.4, -0.2) is 63.3 Å². The molecule has 202 valence electrons. The molecule has 2 rings (SSSR count). The van der Waals surface area contributed by atoms with E-state index in [0.29, 0.717) is 12.0 Å². The summed E-state index contributed by atoms with van der Waals surface area (Å²) >= 11 is 0. The van der Waals surface area contributed by atoms with Crippen LogP contribution in [0, 0.1) is 0 Å². The second-order valence-corrected chi connectivity index (χ2v) is 9.39. The Morgan fingerprint density at radius 3 is 2.27 bits per heavy atom. The summed E-state index contributed by atoms with van der Waals surface area (Å²) in [6, 6.07) is 10.1. The Labute approximate surface area is 219 Å². The number of hydrogen-bond acceptors (Lipinski definition) is 6. The summed E-state index contributed by atoms with van der Waals surface area (Å²) in [5.74, 6) is -1.20. The minimum absolute atomic E-state index is 0.247. The average Bonchev–Trinajstić information content (AvgIpc) is 2.89. The van der Waals surface area contributed by atoms with Gasteiger partial charge in [0.2, 0.25) is 11.8 Å². The van der Waals surface area contributed by atoms with Crippen molar-refractivity contribution in [3.05, 3.63) is 66.0 Å². The summed E-state index contributed by atoms with van der Waals surface area (Å²) in [6.07, 6.45) is 4.69. The molecule has 1 aromatic carbocycles. The van der Waals surface area contributed by atoms with Crippen LogP contribution in [0.4, 0.5) is 0 Å². The van der Waals surface area contributed by atoms with E-state index < -0.39 is 42.1 Å². The molecule has 0 bridgehead atoms. The first-order valence-electron chi connectivity index (χ1n) is 12.9. The number of nitrogens with zero attached hydrogens (tertiary/aromatic N) is 1. The molecule has 0 aliphatic heterocycles. The van der Waals surface area contributed by atoms with Crippen molar-refractivity contribution in [3.8, 4) is 0 Å². The van der Waals surface area contributed by atoms with Crippen LogP contribution >= 0.6 is 0 Å². The number of aliphatic hydroxyl groups is 2. The van der Waals surface area contributed by atoms with Gasteiger partial charge in [0, 0.05) is 19.3 Å². The van der Waals surface area contributed by atoms with Crippen molar-refractivity contribution in [3.63, 3.8) is 0 Å². The van der Waals surface area contributed by atoms with Crippen LogP contribution in [0.2, 0.25) is 0 Å². The summed E-state index contributed by atoms with van der Waals surface area (Å²) in [5.41, 5.74) is 1.19. The Bertz CT molecular complexity index is 973. The van der Waals surface area contributed by atoms with E-state index >= 15 is 0 Å². The Morgan fingerprint density at radius 1 is 0.919 bits per heavy atom. The largest absolute Gasteiger partial charge is 0.388 e. The van der Waals surface area contributed by atoms with Gasteiger partial charge in [-0.2, -0.15) is 0 Å². The van der Waals surface area contributed by atoms with Crippen molar-refractivity contribution >= 4 is 17.7 Å². The van der Waals surface area contributed by atoms with Gasteiger partial charge < -0.3 is 26.2 Å². The maximum Gasteiger partial charge on any atom is 0.253 e. The van der Waals surface area contributed by atoms with Crippen LogP contribution in [0.15, 0.2) is 54.9 Å². The van der Waals surface area contributed by atoms with E-state index in [2.05, 4.69) is 27.9 Å². The van der Waals surface area contributed by atoms with E-state index in [-0.39, 0.29) is 12.3 Å². The van der Waals surface area contributed by atoms with E-state index in [1.54, 1.807) is 25.3 Å². The minimum atomic E-state index is -1.37. The zero-order valence-corrected chi connectivity index (χ0v) is 21.9. The normalized spacial score (nSPS) is 15.1. The second-order valence-electron chi connectivity index (χ2n) is 9.39. The molecule has 3 amide bonds. The first-order valence-corrected chi connectivity index (χ1v) is 12.9. The standard InChI is InChI=1S/C28H40N4O5/c1-4-5-6-10-15-23(31-27(36)22-14-11-16-29-18-22)28(37)32-24(17-21-12-8-7-9-13-21)26(35)25(34)19(2)30-20(3)33/h7-9,11-14,16,18-19,23-26,34-35H,4-6,10,15,17H2,1-3H3,(H,30,33)(H,31,36)(H,32,37)/t19-,23-,24+,25-,26-/m1/s1. The summed E-state index contributed by atoms with van der Waals surface area (Å²) in [5, 5.41) is 30.0. The van der Waals surface area contributed by atoms with E-state index in [1.165, 1.54) is 13.1 Å². The highest BCUT2D eigenvalue weighted by molar-refractivity contribution is 5.97. The number of aliphatic hydroxyl groups excluding tert-OH is 2. The number of carbonyl (C=O) groups is 3. The zero-order chi connectivity index (χ0) is 27.2. The monoisotopic (exact) mass is 512 g/mol. The third-order valence-electron chi connectivity index (χ3n) is 6.22. The molecule has 1 aromatic heterocycles. The van der Waals surface area contributed by atoms with Crippen LogP contribution in [0.5, 0.6) is 0 Å². The molecule has 5 N–H and O–H groups in total. The lowest BCUT2D eigenvalue weighted by molar-refractivity contribution is -0.126. The van der Waals surface area contributed by atoms with Crippen molar-refractivity contribution in [1.29, 1.82) is 0 Å². The van der Waals surface area contributed by atoms with Gasteiger partial charge in [-0.3, -0.25) is 19.4 Å². The summed E-state index contributed by atoms with van der Waals surface area (Å²) < 4.78 is 0. The zero-order valence-electron chi connectivity index (χ0n) is 21.9. The third-order valence-corrected chi connectivity index (χ3v) is 6.22. The summed E-state index contributed by atoms with van der Waals surface area (Å²) in [6.45, 7) is 5.01. The van der Waals surface area contributed by atoms with E-state index in [1.807, 2.05) is 30.3 Å². The molecule has 0 radical (unpaired) electrons. The number of hydrogen-bond donors (Lipinski definition) is 5. The first-order chi connectivity index (χ1) is 17.7. The number of pyridine rings is 1. The molecular weight excluding hydrogens is 472 g/mol. The quantitative estimate of drug-likeness (QED) is 0.232. The van der Waals surface area contributed by atoms with Gasteiger partial charge in [0.15, 0.2) is 0 Å². The number of carbonyl (C=O) groups excluding carboxylic acids is 3. The fourth-order valence-corrected chi connectivity index (χ4v) is 4.13. The number of rotatable bonds is 15. The van der Waals surface area contributed by atoms with Crippen LogP contribution in [0.3, 0.4) is 0 Å². The predicted molar refractivity (Wildman–Crippen MR) is 142 cm³/mol. The summed E-state index contributed by atoms with van der Waals surface area (Å²) in [4.78, 5) is 41.7. The van der Waals surface area contributed by atoms with Gasteiger partial charge in [-0.1, -0.05) is 62.9 Å². The Hall–Kier alpha value is -3.30. The Morgan fingerprint density at radius 2 is 1.65 bits per heavy atom. The molecule has 2 aromatic rings. The topological polar surface area (TPSA) is 141 Å². The number of unbranched alkanes of at least 4 members (excludes halogenated alkanes) is 3. The SMILES string of the molecule is CCCCCC[C@@H](NC(=O)c1cccnc1)C(=O)N[C@@H](Cc1ccccc1)[C@@H](O)[C@H](O)[C@@H](C)NC(C)=O. The van der Waals surface area contributed by atoms with E-state index in [0.717, 1.165) is 31.2 Å². The molecule has 9 nitrogen and oxygen atoms in total. The number of benzene rings is 1. The lowest BCUT2D eigenvalue weighted by Crippen LogP contribution is -2.58. The van der Waals surface area contributed by atoms with Crippen molar-refractivity contribution in [2.75, 3.05) is 0 Å². The van der Waals surface area contributed by atoms with Crippen LogP contribution < -0.4 is 16.0 Å². The Kier molecular flexibility index (Phi) is 12.7. The fraction of sp³-hybridized carbons (Fsp3) is 0.500. The molecule has 0 aliphatic rings. The molecular formula is C28H40N4O5. The fourth-order valence-electron chi connectivity index (χ4n) is 4.13. The molecule has 0 saturated carbocycles. The van der Waals surface area contributed by atoms with Gasteiger partial charge in [-0.05, 0) is 37.5 Å². The minimum Gasteiger partial charge on any atom is -0.388 e. The van der Waals surface area contributed by atoms with Crippen molar-refractivity contribution in [1.82, 2.24) is 20.9 Å². The van der Waals surface area contributed by atoms with Gasteiger partial charge >= 0.3 is 0 Å². The van der Waals surface area contributed by atoms with Crippen LogP contribution in [0.1, 0.15) is 68.8 Å². The highest BCUT2D eigenvalue weighted by Crippen LogP contribution is 2.14. The molecule has 0 aliphatic carbocycles. The molecule has 0 fully saturated rings. The Balaban J connectivity index is 2.22. The van der Waals surface area contributed by atoms with Gasteiger partial charge in [-0.15, -0.1) is 0 Å². The highest BCUT2D eigenvalue weighted by atomic mass is 16.3. The van der Waals surface area contributed by atoms with Gasteiger partial charge in [0.25, 0.3) is 5.91 Å². The van der Waals surface area contributed by atoms with Crippen molar-refractivity contribution in [2.45, 2.75) is 89.6 Å². The van der Waals surface area contributed by atoms with Crippen molar-refractivity contribution < 1.29 is 24.6 Å². The highest BCUT2D eigenvalue weighted by Gasteiger charge is 2.33. The first kappa shape index (κ1) is 29.9. The van der Waals surface area contributed by atoms with Crippen molar-refractivity contribution in [2.24, 2.45) is 0 Å². The van der Waals surface area contributed by atoms with Crippen LogP contribution in [0.25, 0.3) is 0 Å². The van der Waals surface area contributed by atoms with E-state index in [9.17, 15) is 24.6 Å². The second kappa shape index (κ2) is 15.7. The molecule has 5 atom stereocenters.